The third-order valence-corrected chi connectivity index (χ3v) is 4.16. The maximum atomic E-state index is 12.2. The van der Waals surface area contributed by atoms with Crippen LogP contribution < -0.4 is 16.0 Å². The molecule has 27 heavy (non-hydrogen) atoms. The first-order valence-electron chi connectivity index (χ1n) is 8.75. The summed E-state index contributed by atoms with van der Waals surface area (Å²) in [6.07, 6.45) is 3.49. The van der Waals surface area contributed by atoms with E-state index in [2.05, 4.69) is 22.9 Å². The molecule has 0 saturated heterocycles. The van der Waals surface area contributed by atoms with E-state index in [-0.39, 0.29) is 16.9 Å². The molecule has 2 amide bonds. The van der Waals surface area contributed by atoms with Crippen molar-refractivity contribution in [2.24, 2.45) is 0 Å². The van der Waals surface area contributed by atoms with Gasteiger partial charge < -0.3 is 10.6 Å². The Morgan fingerprint density at radius 3 is 2.41 bits per heavy atom. The van der Waals surface area contributed by atoms with E-state index in [4.69, 9.17) is 23.8 Å². The Morgan fingerprint density at radius 2 is 1.70 bits per heavy atom. The third-order valence-electron chi connectivity index (χ3n) is 3.73. The summed E-state index contributed by atoms with van der Waals surface area (Å²) in [6.45, 7) is 2.10. The number of hydrogen-bond donors (Lipinski definition) is 3. The number of unbranched alkanes of at least 4 members (excludes halogenated alkanes) is 2. The van der Waals surface area contributed by atoms with E-state index in [1.807, 2.05) is 0 Å². The lowest BCUT2D eigenvalue weighted by atomic mass is 10.2. The molecule has 0 saturated carbocycles. The van der Waals surface area contributed by atoms with Crippen LogP contribution in [-0.4, -0.2) is 16.9 Å². The topological polar surface area (TPSA) is 70.2 Å². The molecule has 0 unspecified atom stereocenters. The number of carbonyl (C=O) groups excluding carboxylic acids is 2. The Balaban J connectivity index is 1.90. The van der Waals surface area contributed by atoms with Gasteiger partial charge in [0.05, 0.1) is 0 Å². The van der Waals surface area contributed by atoms with Gasteiger partial charge in [0.1, 0.15) is 0 Å². The smallest absolute Gasteiger partial charge is 0.257 e. The second-order valence-corrected chi connectivity index (χ2v) is 6.85. The van der Waals surface area contributed by atoms with Crippen LogP contribution in [0.15, 0.2) is 48.5 Å². The van der Waals surface area contributed by atoms with Crippen molar-refractivity contribution in [3.8, 4) is 0 Å². The summed E-state index contributed by atoms with van der Waals surface area (Å²) in [5.74, 6) is -0.368. The molecule has 0 atom stereocenters. The second-order valence-electron chi connectivity index (χ2n) is 6.00. The molecule has 2 aromatic rings. The zero-order valence-electron chi connectivity index (χ0n) is 15.0. The van der Waals surface area contributed by atoms with E-state index in [1.165, 1.54) is 0 Å². The lowest BCUT2D eigenvalue weighted by Crippen LogP contribution is -2.34. The fourth-order valence-corrected chi connectivity index (χ4v) is 2.80. The summed E-state index contributed by atoms with van der Waals surface area (Å²) in [7, 11) is 0. The van der Waals surface area contributed by atoms with Gasteiger partial charge in [-0.25, -0.2) is 0 Å². The number of nitrogens with one attached hydrogen (secondary N) is 3. The van der Waals surface area contributed by atoms with Crippen molar-refractivity contribution in [3.63, 3.8) is 0 Å². The molecule has 0 spiro atoms. The van der Waals surface area contributed by atoms with Crippen molar-refractivity contribution in [2.45, 2.75) is 32.6 Å². The minimum Gasteiger partial charge on any atom is -0.332 e. The number of carbonyl (C=O) groups is 2. The van der Waals surface area contributed by atoms with Crippen LogP contribution in [0.3, 0.4) is 0 Å². The lowest BCUT2D eigenvalue weighted by molar-refractivity contribution is -0.116. The van der Waals surface area contributed by atoms with Crippen LogP contribution in [0.2, 0.25) is 5.02 Å². The normalized spacial score (nSPS) is 10.1. The summed E-state index contributed by atoms with van der Waals surface area (Å²) < 4.78 is 0. The average molecular weight is 404 g/mol. The molecule has 0 bridgehead atoms. The molecule has 0 aromatic heterocycles. The molecular weight excluding hydrogens is 382 g/mol. The van der Waals surface area contributed by atoms with E-state index in [9.17, 15) is 9.59 Å². The molecule has 142 valence electrons. The van der Waals surface area contributed by atoms with Crippen molar-refractivity contribution in [1.29, 1.82) is 0 Å². The van der Waals surface area contributed by atoms with Crippen LogP contribution in [0.4, 0.5) is 11.4 Å². The Kier molecular flexibility index (Phi) is 8.23. The van der Waals surface area contributed by atoms with E-state index in [0.29, 0.717) is 28.4 Å². The number of halogens is 1. The molecule has 0 aliphatic heterocycles. The Labute approximate surface area is 169 Å². The Hall–Kier alpha value is -2.44. The van der Waals surface area contributed by atoms with Crippen LogP contribution in [0.1, 0.15) is 43.0 Å². The predicted octanol–water partition coefficient (Wildman–Crippen LogP) is 4.99. The molecule has 2 aromatic carbocycles. The van der Waals surface area contributed by atoms with Gasteiger partial charge in [-0.3, -0.25) is 14.9 Å². The number of amides is 2. The maximum absolute atomic E-state index is 12.2. The fraction of sp³-hybridized carbons (Fsp3) is 0.250. The van der Waals surface area contributed by atoms with Crippen molar-refractivity contribution >= 4 is 52.1 Å². The summed E-state index contributed by atoms with van der Waals surface area (Å²) in [5.41, 5.74) is 1.75. The van der Waals surface area contributed by atoms with Crippen LogP contribution in [0.5, 0.6) is 0 Å². The summed E-state index contributed by atoms with van der Waals surface area (Å²) in [5, 5.41) is 9.04. The number of rotatable bonds is 7. The highest BCUT2D eigenvalue weighted by Crippen LogP contribution is 2.16. The van der Waals surface area contributed by atoms with Crippen molar-refractivity contribution in [3.05, 3.63) is 59.1 Å². The molecule has 0 aliphatic carbocycles. The maximum Gasteiger partial charge on any atom is 0.257 e. The second kappa shape index (κ2) is 10.6. The number of anilines is 2. The Bertz CT molecular complexity index is 826. The highest BCUT2D eigenvalue weighted by Gasteiger charge is 2.09. The quantitative estimate of drug-likeness (QED) is 0.450. The molecular formula is C20H22ClN3O2S. The van der Waals surface area contributed by atoms with Gasteiger partial charge in [-0.2, -0.15) is 0 Å². The molecule has 7 heteroatoms. The van der Waals surface area contributed by atoms with Crippen LogP contribution >= 0.6 is 23.8 Å². The van der Waals surface area contributed by atoms with E-state index in [0.717, 1.165) is 19.3 Å². The summed E-state index contributed by atoms with van der Waals surface area (Å²) in [6, 6.07) is 13.8. The van der Waals surface area contributed by atoms with Gasteiger partial charge in [-0.05, 0) is 55.0 Å². The van der Waals surface area contributed by atoms with Crippen molar-refractivity contribution in [1.82, 2.24) is 5.32 Å². The van der Waals surface area contributed by atoms with Crippen molar-refractivity contribution in [2.75, 3.05) is 10.6 Å². The monoisotopic (exact) mass is 403 g/mol. The van der Waals surface area contributed by atoms with Crippen molar-refractivity contribution < 1.29 is 9.59 Å². The standard InChI is InChI=1S/C20H22ClN3O2S/c1-2-3-4-11-18(25)22-16-9-6-10-17(13-16)23-20(27)24-19(26)14-7-5-8-15(21)12-14/h5-10,12-13H,2-4,11H2,1H3,(H,22,25)(H2,23,24,26,27). The minimum atomic E-state index is -0.351. The predicted molar refractivity (Wildman–Crippen MR) is 114 cm³/mol. The fourth-order valence-electron chi connectivity index (χ4n) is 2.40. The first-order chi connectivity index (χ1) is 13.0. The van der Waals surface area contributed by atoms with Gasteiger partial charge in [-0.1, -0.05) is 43.5 Å². The average Bonchev–Trinajstić information content (AvgIpc) is 2.62. The zero-order chi connectivity index (χ0) is 19.6. The molecule has 3 N–H and O–H groups in total. The van der Waals surface area contributed by atoms with E-state index in [1.54, 1.807) is 48.5 Å². The molecule has 0 fully saturated rings. The molecule has 5 nitrogen and oxygen atoms in total. The zero-order valence-corrected chi connectivity index (χ0v) is 16.6. The van der Waals surface area contributed by atoms with Crippen LogP contribution in [0.25, 0.3) is 0 Å². The van der Waals surface area contributed by atoms with Gasteiger partial charge in [0.2, 0.25) is 5.91 Å². The number of benzene rings is 2. The summed E-state index contributed by atoms with van der Waals surface area (Å²) in [4.78, 5) is 24.1. The molecule has 0 radical (unpaired) electrons. The van der Waals surface area contributed by atoms with Gasteiger partial charge in [0, 0.05) is 28.4 Å². The lowest BCUT2D eigenvalue weighted by Gasteiger charge is -2.11. The molecule has 0 heterocycles. The number of hydrogen-bond acceptors (Lipinski definition) is 3. The van der Waals surface area contributed by atoms with Gasteiger partial charge in [0.15, 0.2) is 5.11 Å². The first kappa shape index (κ1) is 20.9. The highest BCUT2D eigenvalue weighted by molar-refractivity contribution is 7.80. The largest absolute Gasteiger partial charge is 0.332 e. The van der Waals surface area contributed by atoms with Gasteiger partial charge in [0.25, 0.3) is 5.91 Å². The molecule has 2 rings (SSSR count). The van der Waals surface area contributed by atoms with Gasteiger partial charge in [-0.15, -0.1) is 0 Å². The third kappa shape index (κ3) is 7.37. The first-order valence-corrected chi connectivity index (χ1v) is 9.54. The summed E-state index contributed by atoms with van der Waals surface area (Å²) >= 11 is 11.1. The van der Waals surface area contributed by atoms with E-state index < -0.39 is 0 Å². The van der Waals surface area contributed by atoms with Crippen LogP contribution in [-0.2, 0) is 4.79 Å². The van der Waals surface area contributed by atoms with Gasteiger partial charge >= 0.3 is 0 Å². The minimum absolute atomic E-state index is 0.0163. The molecule has 0 aliphatic rings. The highest BCUT2D eigenvalue weighted by atomic mass is 35.5. The Morgan fingerprint density at radius 1 is 1.00 bits per heavy atom. The SMILES string of the molecule is CCCCCC(=O)Nc1cccc(NC(=S)NC(=O)c2cccc(Cl)c2)c1. The van der Waals surface area contributed by atoms with E-state index >= 15 is 0 Å². The van der Waals surface area contributed by atoms with Crippen LogP contribution in [0, 0.1) is 0 Å². The number of thiocarbonyl (C=S) groups is 1.